The second-order valence-corrected chi connectivity index (χ2v) is 25.5. The zero-order chi connectivity index (χ0) is 25.2. The van der Waals surface area contributed by atoms with Gasteiger partial charge in [0, 0.05) is 0 Å². The Labute approximate surface area is 238 Å². The van der Waals surface area contributed by atoms with Crippen molar-refractivity contribution in [1.82, 2.24) is 0 Å². The normalized spacial score (nSPS) is 37.6. The molecule has 2 aliphatic carbocycles. The summed E-state index contributed by atoms with van der Waals surface area (Å²) in [4.78, 5) is 0. The summed E-state index contributed by atoms with van der Waals surface area (Å²) in [5.74, 6) is 9.75. The summed E-state index contributed by atoms with van der Waals surface area (Å²) in [6.07, 6.45) is 24.6. The molecule has 6 rings (SSSR count). The fourth-order valence-electron chi connectivity index (χ4n) is 8.87. The molecule has 204 valence electrons. The van der Waals surface area contributed by atoms with Gasteiger partial charge in [0.25, 0.3) is 0 Å². The molecule has 2 fully saturated rings. The Morgan fingerprint density at radius 1 is 0.432 bits per heavy atom. The van der Waals surface area contributed by atoms with Gasteiger partial charge in [0.1, 0.15) is 0 Å². The molecule has 0 bridgehead atoms. The topological polar surface area (TPSA) is 0 Å². The largest absolute Gasteiger partial charge is 0.213 e. The molecule has 0 aromatic heterocycles. The molecule has 0 N–H and O–H groups in total. The summed E-state index contributed by atoms with van der Waals surface area (Å²) in [5.41, 5.74) is 2.03. The lowest BCUT2D eigenvalue weighted by Gasteiger charge is -2.48. The minimum Gasteiger partial charge on any atom is -0.213 e. The van der Waals surface area contributed by atoms with Crippen LogP contribution < -0.4 is 0 Å². The van der Waals surface area contributed by atoms with Crippen molar-refractivity contribution in [3.8, 4) is 0 Å². The highest BCUT2D eigenvalue weighted by molar-refractivity contribution is 8.23. The van der Waals surface area contributed by atoms with Crippen molar-refractivity contribution in [2.75, 3.05) is 23.0 Å². The van der Waals surface area contributed by atoms with Gasteiger partial charge < -0.3 is 0 Å². The molecular formula is C32H48S4Si. The Bertz CT molecular complexity index is 857. The van der Waals surface area contributed by atoms with E-state index in [0.29, 0.717) is 0 Å². The maximum Gasteiger partial charge on any atom is 0.0548 e. The van der Waals surface area contributed by atoms with Crippen LogP contribution in [-0.4, -0.2) is 31.1 Å². The summed E-state index contributed by atoms with van der Waals surface area (Å²) in [6, 6.07) is 0. The molecule has 37 heavy (non-hydrogen) atoms. The molecule has 4 heterocycles. The molecule has 0 saturated heterocycles. The molecule has 5 heteroatoms. The van der Waals surface area contributed by atoms with Crippen molar-refractivity contribution >= 4 is 51.7 Å². The Morgan fingerprint density at radius 2 is 0.649 bits per heavy atom. The van der Waals surface area contributed by atoms with Crippen LogP contribution in [0.15, 0.2) is 91.9 Å². The van der Waals surface area contributed by atoms with Crippen molar-refractivity contribution in [3.05, 3.63) is 91.9 Å². The van der Waals surface area contributed by atoms with Crippen LogP contribution in [0.4, 0.5) is 0 Å². The Morgan fingerprint density at radius 3 is 0.865 bits per heavy atom. The lowest BCUT2D eigenvalue weighted by Crippen LogP contribution is -2.47. The first kappa shape index (κ1) is 26.7. The Kier molecular flexibility index (Phi) is 8.64. The molecule has 0 nitrogen and oxygen atoms in total. The van der Waals surface area contributed by atoms with Gasteiger partial charge in [0.2, 0.25) is 0 Å². The van der Waals surface area contributed by atoms with Crippen LogP contribution in [0, 0.1) is 23.7 Å². The zero-order valence-electron chi connectivity index (χ0n) is 22.6. The predicted octanol–water partition coefficient (Wildman–Crippen LogP) is 9.66. The van der Waals surface area contributed by atoms with Gasteiger partial charge in [0.05, 0.1) is 8.07 Å². The average molecular weight is 589 g/mol. The standard InChI is InChI=1S/C32H48S4Si/c1-37(2,31-27(23-33-15-3-4-16-33)11-12-28(31)24-34-17-5-6-18-34)32-29(25-35-19-7-8-20-35)13-14-30(32)26-36-21-9-10-22-36/h3-10,15-22,27-36H,11-14,23-26H2,1-2H3. The SMILES string of the molecule is C[Si](C)(C1C(C[SH]2C=CC=C2)CCC1C[SH]1C=CC=C1)C1C(C[SH]2C=CC=C2)CCC1C[SH]1C=CC=C1. The van der Waals surface area contributed by atoms with Gasteiger partial charge in [-0.3, -0.25) is 0 Å². The van der Waals surface area contributed by atoms with Crippen molar-refractivity contribution in [3.63, 3.8) is 0 Å². The van der Waals surface area contributed by atoms with Crippen LogP contribution in [0.1, 0.15) is 25.7 Å². The summed E-state index contributed by atoms with van der Waals surface area (Å²) in [7, 11) is -1.58. The molecule has 4 atom stereocenters. The summed E-state index contributed by atoms with van der Waals surface area (Å²) >= 11 is 0. The first-order valence-corrected chi connectivity index (χ1v) is 24.3. The van der Waals surface area contributed by atoms with Gasteiger partial charge in [-0.05, 0) is 127 Å². The van der Waals surface area contributed by atoms with Crippen LogP contribution in [0.3, 0.4) is 0 Å². The fourth-order valence-corrected chi connectivity index (χ4v) is 23.8. The summed E-state index contributed by atoms with van der Waals surface area (Å²) in [5, 5.41) is 20.4. The van der Waals surface area contributed by atoms with Crippen molar-refractivity contribution in [2.45, 2.75) is 49.9 Å². The Balaban J connectivity index is 1.29. The van der Waals surface area contributed by atoms with Gasteiger partial charge in [-0.15, -0.1) is 0 Å². The van der Waals surface area contributed by atoms with E-state index in [1.807, 2.05) is 0 Å². The minimum atomic E-state index is -1.53. The fraction of sp³-hybridized carbons (Fsp3) is 0.500. The maximum absolute atomic E-state index is 2.90. The van der Waals surface area contributed by atoms with E-state index in [9.17, 15) is 0 Å². The van der Waals surface area contributed by atoms with Crippen LogP contribution in [0.2, 0.25) is 24.2 Å². The van der Waals surface area contributed by atoms with E-state index >= 15 is 0 Å². The van der Waals surface area contributed by atoms with Gasteiger partial charge in [-0.2, -0.15) is 0 Å². The van der Waals surface area contributed by atoms with Crippen molar-refractivity contribution in [2.24, 2.45) is 23.7 Å². The third kappa shape index (κ3) is 6.01. The van der Waals surface area contributed by atoms with Gasteiger partial charge in [-0.1, -0.05) is 61.7 Å². The van der Waals surface area contributed by atoms with Crippen molar-refractivity contribution in [1.29, 1.82) is 0 Å². The molecule has 4 aliphatic heterocycles. The van der Waals surface area contributed by atoms with E-state index in [0.717, 1.165) is 34.8 Å². The molecular weight excluding hydrogens is 541 g/mol. The van der Waals surface area contributed by atoms with Crippen LogP contribution in [0.25, 0.3) is 0 Å². The van der Waals surface area contributed by atoms with Crippen molar-refractivity contribution < 1.29 is 0 Å². The van der Waals surface area contributed by atoms with E-state index in [4.69, 9.17) is 0 Å². The first-order valence-electron chi connectivity index (χ1n) is 14.5. The predicted molar refractivity (Wildman–Crippen MR) is 186 cm³/mol. The molecule has 0 aromatic carbocycles. The van der Waals surface area contributed by atoms with Gasteiger partial charge >= 0.3 is 0 Å². The number of rotatable bonds is 10. The lowest BCUT2D eigenvalue weighted by molar-refractivity contribution is 0.486. The number of allylic oxidation sites excluding steroid dienone is 8. The number of hydrogen-bond acceptors (Lipinski definition) is 0. The summed E-state index contributed by atoms with van der Waals surface area (Å²) in [6.45, 7) is 5.81. The van der Waals surface area contributed by atoms with E-state index in [1.54, 1.807) is 0 Å². The van der Waals surface area contributed by atoms with Gasteiger partial charge in [-0.25, -0.2) is 43.6 Å². The Hall–Kier alpha value is -0.463. The van der Waals surface area contributed by atoms with Crippen LogP contribution in [0.5, 0.6) is 0 Å². The minimum absolute atomic E-state index is 0.0121. The molecule has 0 radical (unpaired) electrons. The molecule has 4 unspecified atom stereocenters. The number of hydrogen-bond donors (Lipinski definition) is 4. The summed E-state index contributed by atoms with van der Waals surface area (Å²) < 4.78 is 0. The monoisotopic (exact) mass is 588 g/mol. The molecule has 0 aromatic rings. The van der Waals surface area contributed by atoms with Crippen LogP contribution in [-0.2, 0) is 0 Å². The second kappa shape index (κ2) is 12.0. The lowest BCUT2D eigenvalue weighted by atomic mass is 10.1. The highest BCUT2D eigenvalue weighted by Crippen LogP contribution is 2.63. The quantitative estimate of drug-likeness (QED) is 0.142. The third-order valence-electron chi connectivity index (χ3n) is 10.0. The van der Waals surface area contributed by atoms with E-state index in [1.165, 1.54) is 48.7 Å². The average Bonchev–Trinajstić information content (AvgIpc) is 3.70. The maximum atomic E-state index is 2.90. The molecule has 0 spiro atoms. The number of thiol groups is 4. The third-order valence-corrected chi connectivity index (χ3v) is 23.3. The van der Waals surface area contributed by atoms with Crippen LogP contribution >= 0.6 is 43.6 Å². The second-order valence-electron chi connectivity index (χ2n) is 12.6. The zero-order valence-corrected chi connectivity index (χ0v) is 27.2. The van der Waals surface area contributed by atoms with E-state index in [-0.39, 0.29) is 43.6 Å². The molecule has 0 amide bonds. The highest BCUT2D eigenvalue weighted by atomic mass is 32.2. The van der Waals surface area contributed by atoms with Gasteiger partial charge in [0.15, 0.2) is 0 Å². The van der Waals surface area contributed by atoms with E-state index < -0.39 is 8.07 Å². The first-order chi connectivity index (χ1) is 18.1. The van der Waals surface area contributed by atoms with E-state index in [2.05, 4.69) is 105 Å². The smallest absolute Gasteiger partial charge is 0.0548 e. The molecule has 2 saturated carbocycles. The highest BCUT2D eigenvalue weighted by Gasteiger charge is 2.55. The molecule has 6 aliphatic rings.